The molecule has 0 bridgehead atoms. The molecule has 2 heterocycles. The van der Waals surface area contributed by atoms with Crippen LogP contribution < -0.4 is 25.7 Å². The molecule has 0 aliphatic carbocycles. The van der Waals surface area contributed by atoms with Gasteiger partial charge in [0, 0.05) is 50.6 Å². The van der Waals surface area contributed by atoms with E-state index in [0.29, 0.717) is 18.0 Å². The summed E-state index contributed by atoms with van der Waals surface area (Å²) >= 11 is 0. The zero-order valence-corrected chi connectivity index (χ0v) is 15.9. The van der Waals surface area contributed by atoms with Crippen molar-refractivity contribution in [1.82, 2.24) is 15.2 Å². The predicted molar refractivity (Wildman–Crippen MR) is 103 cm³/mol. The van der Waals surface area contributed by atoms with Gasteiger partial charge in [0.15, 0.2) is 0 Å². The van der Waals surface area contributed by atoms with E-state index in [-0.39, 0.29) is 5.56 Å². The third-order valence-electron chi connectivity index (χ3n) is 4.90. The predicted octanol–water partition coefficient (Wildman–Crippen LogP) is 1.69. The molecular weight excluding hydrogens is 330 g/mol. The molecule has 0 spiro atoms. The minimum absolute atomic E-state index is 0.0129. The first-order chi connectivity index (χ1) is 12.5. The lowest BCUT2D eigenvalue weighted by Crippen LogP contribution is -2.47. The van der Waals surface area contributed by atoms with Crippen LogP contribution in [0.15, 0.2) is 29.2 Å². The van der Waals surface area contributed by atoms with E-state index in [1.165, 1.54) is 0 Å². The van der Waals surface area contributed by atoms with Gasteiger partial charge >= 0.3 is 0 Å². The summed E-state index contributed by atoms with van der Waals surface area (Å²) in [5, 5.41) is 6.77. The standard InChI is InChI=1S/C20H27N3O3/c1-13-5-16(12-23(2)20(13)24)15-6-18(25-3)17(19(7-15)26-4)11-22-10-14-8-21-9-14/h5-7,12,14,21-22H,8-11H2,1-4H3. The number of methoxy groups -OCH3 is 2. The van der Waals surface area contributed by atoms with Crippen molar-refractivity contribution in [3.05, 3.63) is 45.9 Å². The summed E-state index contributed by atoms with van der Waals surface area (Å²) in [4.78, 5) is 12.0. The number of aryl methyl sites for hydroxylation is 2. The lowest BCUT2D eigenvalue weighted by molar-refractivity contribution is 0.327. The van der Waals surface area contributed by atoms with E-state index in [1.807, 2.05) is 31.3 Å². The Kier molecular flexibility index (Phi) is 5.64. The van der Waals surface area contributed by atoms with E-state index < -0.39 is 0 Å². The minimum Gasteiger partial charge on any atom is -0.496 e. The van der Waals surface area contributed by atoms with Crippen LogP contribution in [0.5, 0.6) is 11.5 Å². The highest BCUT2D eigenvalue weighted by molar-refractivity contribution is 5.69. The Hall–Kier alpha value is -2.31. The van der Waals surface area contributed by atoms with Crippen LogP contribution in [0.3, 0.4) is 0 Å². The number of pyridine rings is 1. The number of nitrogens with one attached hydrogen (secondary N) is 2. The lowest BCUT2D eigenvalue weighted by atomic mass is 10.0. The molecule has 1 aromatic heterocycles. The molecule has 1 fully saturated rings. The molecule has 26 heavy (non-hydrogen) atoms. The van der Waals surface area contributed by atoms with Gasteiger partial charge in [0.05, 0.1) is 14.2 Å². The lowest BCUT2D eigenvalue weighted by Gasteiger charge is -2.27. The van der Waals surface area contributed by atoms with Gasteiger partial charge in [-0.1, -0.05) is 0 Å². The highest BCUT2D eigenvalue weighted by atomic mass is 16.5. The number of hydrogen-bond donors (Lipinski definition) is 2. The van der Waals surface area contributed by atoms with Crippen molar-refractivity contribution in [2.24, 2.45) is 13.0 Å². The molecule has 2 N–H and O–H groups in total. The minimum atomic E-state index is 0.0129. The smallest absolute Gasteiger partial charge is 0.253 e. The van der Waals surface area contributed by atoms with E-state index in [4.69, 9.17) is 9.47 Å². The van der Waals surface area contributed by atoms with Gasteiger partial charge in [0.25, 0.3) is 5.56 Å². The zero-order chi connectivity index (χ0) is 18.7. The first kappa shape index (κ1) is 18.5. The van der Waals surface area contributed by atoms with Gasteiger partial charge in [0.2, 0.25) is 0 Å². The third kappa shape index (κ3) is 3.76. The maximum Gasteiger partial charge on any atom is 0.253 e. The molecule has 1 aromatic carbocycles. The Morgan fingerprint density at radius 3 is 2.31 bits per heavy atom. The molecule has 0 radical (unpaired) electrons. The van der Waals surface area contributed by atoms with Gasteiger partial charge in [-0.15, -0.1) is 0 Å². The molecule has 6 nitrogen and oxygen atoms in total. The molecule has 0 atom stereocenters. The molecule has 3 rings (SSSR count). The average molecular weight is 357 g/mol. The average Bonchev–Trinajstić information content (AvgIpc) is 2.60. The van der Waals surface area contributed by atoms with Gasteiger partial charge in [-0.05, 0) is 42.2 Å². The monoisotopic (exact) mass is 357 g/mol. The second-order valence-electron chi connectivity index (χ2n) is 6.84. The maximum absolute atomic E-state index is 12.0. The Morgan fingerprint density at radius 2 is 1.81 bits per heavy atom. The fourth-order valence-corrected chi connectivity index (χ4v) is 3.25. The van der Waals surface area contributed by atoms with Crippen LogP contribution in [0.25, 0.3) is 11.1 Å². The fraction of sp³-hybridized carbons (Fsp3) is 0.450. The first-order valence-corrected chi connectivity index (χ1v) is 8.87. The molecule has 0 amide bonds. The molecule has 1 aliphatic heterocycles. The van der Waals surface area contributed by atoms with Crippen LogP contribution in [-0.4, -0.2) is 38.4 Å². The van der Waals surface area contributed by atoms with Crippen LogP contribution in [0, 0.1) is 12.8 Å². The summed E-state index contributed by atoms with van der Waals surface area (Å²) in [6.45, 7) is 5.64. The quantitative estimate of drug-likeness (QED) is 0.789. The third-order valence-corrected chi connectivity index (χ3v) is 4.90. The fourth-order valence-electron chi connectivity index (χ4n) is 3.25. The number of aromatic nitrogens is 1. The Bertz CT molecular complexity index is 789. The molecular formula is C20H27N3O3. The van der Waals surface area contributed by atoms with Gasteiger partial charge < -0.3 is 24.7 Å². The second kappa shape index (κ2) is 7.93. The normalized spacial score (nSPS) is 14.2. The summed E-state index contributed by atoms with van der Waals surface area (Å²) in [5.41, 5.74) is 3.65. The van der Waals surface area contributed by atoms with Crippen molar-refractivity contribution in [2.45, 2.75) is 13.5 Å². The first-order valence-electron chi connectivity index (χ1n) is 8.87. The molecule has 1 saturated heterocycles. The van der Waals surface area contributed by atoms with E-state index >= 15 is 0 Å². The zero-order valence-electron chi connectivity index (χ0n) is 15.9. The highest BCUT2D eigenvalue weighted by Crippen LogP contribution is 2.35. The van der Waals surface area contributed by atoms with Crippen LogP contribution >= 0.6 is 0 Å². The van der Waals surface area contributed by atoms with Crippen molar-refractivity contribution >= 4 is 0 Å². The molecule has 2 aromatic rings. The Labute approximate surface area is 154 Å². The van der Waals surface area contributed by atoms with Crippen LogP contribution in [-0.2, 0) is 13.6 Å². The number of ether oxygens (including phenoxy) is 2. The Balaban J connectivity index is 1.91. The van der Waals surface area contributed by atoms with E-state index in [0.717, 1.165) is 47.8 Å². The highest BCUT2D eigenvalue weighted by Gasteiger charge is 2.18. The SMILES string of the molecule is COc1cc(-c2cc(C)c(=O)n(C)c2)cc(OC)c1CNCC1CNC1. The van der Waals surface area contributed by atoms with Crippen LogP contribution in [0.4, 0.5) is 0 Å². The van der Waals surface area contributed by atoms with Crippen molar-refractivity contribution in [1.29, 1.82) is 0 Å². The molecule has 6 heteroatoms. The molecule has 140 valence electrons. The van der Waals surface area contributed by atoms with Gasteiger partial charge in [0.1, 0.15) is 11.5 Å². The molecule has 1 aliphatic rings. The summed E-state index contributed by atoms with van der Waals surface area (Å²) in [6.07, 6.45) is 1.84. The van der Waals surface area contributed by atoms with Crippen LogP contribution in [0.2, 0.25) is 0 Å². The van der Waals surface area contributed by atoms with E-state index in [9.17, 15) is 4.79 Å². The van der Waals surface area contributed by atoms with Gasteiger partial charge in [-0.3, -0.25) is 4.79 Å². The van der Waals surface area contributed by atoms with Crippen molar-refractivity contribution in [2.75, 3.05) is 33.9 Å². The maximum atomic E-state index is 12.0. The largest absolute Gasteiger partial charge is 0.496 e. The van der Waals surface area contributed by atoms with Crippen molar-refractivity contribution in [3.63, 3.8) is 0 Å². The number of hydrogen-bond acceptors (Lipinski definition) is 5. The number of nitrogens with zero attached hydrogens (tertiary/aromatic N) is 1. The molecule has 0 unspecified atom stereocenters. The Morgan fingerprint density at radius 1 is 1.15 bits per heavy atom. The molecule has 0 saturated carbocycles. The summed E-state index contributed by atoms with van der Waals surface area (Å²) in [7, 11) is 5.11. The summed E-state index contributed by atoms with van der Waals surface area (Å²) in [6, 6.07) is 5.91. The van der Waals surface area contributed by atoms with Crippen molar-refractivity contribution in [3.8, 4) is 22.6 Å². The summed E-state index contributed by atoms with van der Waals surface area (Å²) < 4.78 is 12.9. The number of benzene rings is 1. The van der Waals surface area contributed by atoms with E-state index in [2.05, 4.69) is 10.6 Å². The van der Waals surface area contributed by atoms with Gasteiger partial charge in [-0.2, -0.15) is 0 Å². The topological polar surface area (TPSA) is 64.5 Å². The van der Waals surface area contributed by atoms with E-state index in [1.54, 1.807) is 25.8 Å². The van der Waals surface area contributed by atoms with Crippen LogP contribution in [0.1, 0.15) is 11.1 Å². The van der Waals surface area contributed by atoms with Gasteiger partial charge in [-0.25, -0.2) is 0 Å². The number of rotatable bonds is 7. The summed E-state index contributed by atoms with van der Waals surface area (Å²) in [5.74, 6) is 2.26. The second-order valence-corrected chi connectivity index (χ2v) is 6.84. The van der Waals surface area contributed by atoms with Crippen molar-refractivity contribution < 1.29 is 9.47 Å².